The number of hydrogen-bond acceptors (Lipinski definition) is 4. The molecule has 26 heavy (non-hydrogen) atoms. The molecule has 1 heterocycles. The molecule has 1 aliphatic rings. The summed E-state index contributed by atoms with van der Waals surface area (Å²) < 4.78 is 32.6. The van der Waals surface area contributed by atoms with Gasteiger partial charge in [-0.25, -0.2) is 13.1 Å². The summed E-state index contributed by atoms with van der Waals surface area (Å²) in [6.07, 6.45) is 1.07. The Labute approximate surface area is 156 Å². The average Bonchev–Trinajstić information content (AvgIpc) is 3.11. The summed E-state index contributed by atoms with van der Waals surface area (Å²) in [5.41, 5.74) is 1.03. The van der Waals surface area contributed by atoms with Gasteiger partial charge in [-0.15, -0.1) is 0 Å². The van der Waals surface area contributed by atoms with Crippen LogP contribution in [0.2, 0.25) is 0 Å². The van der Waals surface area contributed by atoms with E-state index in [9.17, 15) is 8.42 Å². The summed E-state index contributed by atoms with van der Waals surface area (Å²) in [6.45, 7) is 7.83. The Morgan fingerprint density at radius 3 is 2.69 bits per heavy atom. The summed E-state index contributed by atoms with van der Waals surface area (Å²) in [4.78, 5) is 6.89. The van der Waals surface area contributed by atoms with Crippen LogP contribution in [-0.4, -0.2) is 65.7 Å². The number of aryl methyl sites for hydroxylation is 1. The molecule has 1 unspecified atom stereocenters. The molecule has 2 N–H and O–H groups in total. The molecule has 1 fully saturated rings. The molecule has 1 aromatic rings. The molecule has 0 aliphatic carbocycles. The Hall–Kier alpha value is -1.64. The van der Waals surface area contributed by atoms with Gasteiger partial charge in [0.2, 0.25) is 10.0 Å². The smallest absolute Gasteiger partial charge is 0.240 e. The van der Waals surface area contributed by atoms with Gasteiger partial charge < -0.3 is 15.0 Å². The van der Waals surface area contributed by atoms with Crippen molar-refractivity contribution < 1.29 is 13.2 Å². The van der Waals surface area contributed by atoms with E-state index in [-0.39, 0.29) is 11.4 Å². The van der Waals surface area contributed by atoms with Crippen molar-refractivity contribution in [1.29, 1.82) is 0 Å². The Morgan fingerprint density at radius 1 is 1.35 bits per heavy atom. The summed E-state index contributed by atoms with van der Waals surface area (Å²) in [5, 5.41) is 3.25. The molecular formula is C18H30N4O3S. The standard InChI is InChI=1S/C18H30N4O3S/c1-4-19-18(22(3)13-16-9-12-25-14-16)20-10-11-21-26(23,24)17-7-5-15(2)6-8-17/h5-8,16,21H,4,9-14H2,1-3H3,(H,19,20). The number of hydrogen-bond donors (Lipinski definition) is 2. The molecular weight excluding hydrogens is 352 g/mol. The molecule has 8 heteroatoms. The molecule has 0 bridgehead atoms. The van der Waals surface area contributed by atoms with Gasteiger partial charge in [-0.05, 0) is 32.4 Å². The first-order valence-corrected chi connectivity index (χ1v) is 10.5. The number of nitrogens with one attached hydrogen (secondary N) is 2. The monoisotopic (exact) mass is 382 g/mol. The van der Waals surface area contributed by atoms with Crippen molar-refractivity contribution in [3.05, 3.63) is 29.8 Å². The number of rotatable bonds is 8. The lowest BCUT2D eigenvalue weighted by Crippen LogP contribution is -2.42. The molecule has 0 amide bonds. The molecule has 0 radical (unpaired) electrons. The van der Waals surface area contributed by atoms with Crippen LogP contribution in [0.4, 0.5) is 0 Å². The van der Waals surface area contributed by atoms with Gasteiger partial charge in [0, 0.05) is 39.2 Å². The number of nitrogens with zero attached hydrogens (tertiary/aromatic N) is 2. The Kier molecular flexibility index (Phi) is 7.86. The topological polar surface area (TPSA) is 83.0 Å². The summed E-state index contributed by atoms with van der Waals surface area (Å²) in [7, 11) is -1.50. The number of guanidine groups is 1. The molecule has 1 atom stereocenters. The average molecular weight is 383 g/mol. The van der Waals surface area contributed by atoms with Crippen LogP contribution >= 0.6 is 0 Å². The molecule has 0 spiro atoms. The fraction of sp³-hybridized carbons (Fsp3) is 0.611. The van der Waals surface area contributed by atoms with E-state index in [4.69, 9.17) is 4.74 Å². The maximum absolute atomic E-state index is 12.3. The van der Waals surface area contributed by atoms with E-state index < -0.39 is 10.0 Å². The SMILES string of the molecule is CCNC(=NCCNS(=O)(=O)c1ccc(C)cc1)N(C)CC1CCOC1. The second-order valence-corrected chi connectivity index (χ2v) is 8.32. The highest BCUT2D eigenvalue weighted by Crippen LogP contribution is 2.13. The fourth-order valence-corrected chi connectivity index (χ4v) is 3.83. The van der Waals surface area contributed by atoms with Crippen LogP contribution in [0, 0.1) is 12.8 Å². The minimum Gasteiger partial charge on any atom is -0.381 e. The lowest BCUT2D eigenvalue weighted by Gasteiger charge is -2.24. The van der Waals surface area contributed by atoms with E-state index in [2.05, 4.69) is 19.9 Å². The van der Waals surface area contributed by atoms with Gasteiger partial charge in [0.25, 0.3) is 0 Å². The van der Waals surface area contributed by atoms with Crippen LogP contribution in [0.5, 0.6) is 0 Å². The van der Waals surface area contributed by atoms with Gasteiger partial charge >= 0.3 is 0 Å². The normalized spacial score (nSPS) is 18.1. The minimum absolute atomic E-state index is 0.255. The third-order valence-electron chi connectivity index (χ3n) is 4.25. The van der Waals surface area contributed by atoms with E-state index in [1.54, 1.807) is 24.3 Å². The van der Waals surface area contributed by atoms with Crippen molar-refractivity contribution in [2.75, 3.05) is 46.4 Å². The third-order valence-corrected chi connectivity index (χ3v) is 5.73. The first kappa shape index (κ1) is 20.7. The van der Waals surface area contributed by atoms with E-state index in [0.717, 1.165) is 44.2 Å². The first-order valence-electron chi connectivity index (χ1n) is 9.06. The Morgan fingerprint density at radius 2 is 2.08 bits per heavy atom. The van der Waals surface area contributed by atoms with Gasteiger partial charge in [0.1, 0.15) is 0 Å². The van der Waals surface area contributed by atoms with Gasteiger partial charge in [-0.2, -0.15) is 0 Å². The van der Waals surface area contributed by atoms with Crippen LogP contribution < -0.4 is 10.0 Å². The molecule has 1 saturated heterocycles. The van der Waals surface area contributed by atoms with Crippen molar-refractivity contribution in [2.45, 2.75) is 25.2 Å². The van der Waals surface area contributed by atoms with Crippen molar-refractivity contribution >= 4 is 16.0 Å². The van der Waals surface area contributed by atoms with Gasteiger partial charge in [0.05, 0.1) is 18.0 Å². The zero-order valence-electron chi connectivity index (χ0n) is 15.9. The second-order valence-electron chi connectivity index (χ2n) is 6.56. The number of ether oxygens (including phenoxy) is 1. The summed E-state index contributed by atoms with van der Waals surface area (Å²) in [6, 6.07) is 6.81. The molecule has 2 rings (SSSR count). The number of benzene rings is 1. The third kappa shape index (κ3) is 6.26. The maximum Gasteiger partial charge on any atom is 0.240 e. The Bertz CT molecular complexity index is 683. The predicted octanol–water partition coefficient (Wildman–Crippen LogP) is 1.21. The van der Waals surface area contributed by atoms with E-state index in [1.807, 2.05) is 20.9 Å². The molecule has 146 valence electrons. The quantitative estimate of drug-likeness (QED) is 0.401. The zero-order valence-corrected chi connectivity index (χ0v) is 16.7. The van der Waals surface area contributed by atoms with Crippen LogP contribution in [0.25, 0.3) is 0 Å². The largest absolute Gasteiger partial charge is 0.381 e. The lowest BCUT2D eigenvalue weighted by atomic mass is 10.1. The first-order chi connectivity index (χ1) is 12.4. The summed E-state index contributed by atoms with van der Waals surface area (Å²) in [5.74, 6) is 1.30. The highest BCUT2D eigenvalue weighted by Gasteiger charge is 2.19. The van der Waals surface area contributed by atoms with Crippen molar-refractivity contribution in [1.82, 2.24) is 14.9 Å². The summed E-state index contributed by atoms with van der Waals surface area (Å²) >= 11 is 0. The predicted molar refractivity (Wildman–Crippen MR) is 104 cm³/mol. The molecule has 1 aromatic carbocycles. The van der Waals surface area contributed by atoms with Crippen LogP contribution in [0.3, 0.4) is 0 Å². The molecule has 7 nitrogen and oxygen atoms in total. The highest BCUT2D eigenvalue weighted by molar-refractivity contribution is 7.89. The van der Waals surface area contributed by atoms with Crippen LogP contribution in [-0.2, 0) is 14.8 Å². The van der Waals surface area contributed by atoms with E-state index >= 15 is 0 Å². The van der Waals surface area contributed by atoms with Crippen molar-refractivity contribution in [3.63, 3.8) is 0 Å². The van der Waals surface area contributed by atoms with E-state index in [0.29, 0.717) is 12.5 Å². The van der Waals surface area contributed by atoms with E-state index in [1.165, 1.54) is 0 Å². The fourth-order valence-electron chi connectivity index (χ4n) is 2.81. The lowest BCUT2D eigenvalue weighted by molar-refractivity contribution is 0.181. The highest BCUT2D eigenvalue weighted by atomic mass is 32.2. The zero-order chi connectivity index (χ0) is 19.0. The number of sulfonamides is 1. The number of aliphatic imine (C=N–C) groups is 1. The molecule has 0 saturated carbocycles. The van der Waals surface area contributed by atoms with Gasteiger partial charge in [0.15, 0.2) is 5.96 Å². The van der Waals surface area contributed by atoms with Crippen molar-refractivity contribution in [3.8, 4) is 0 Å². The molecule has 0 aromatic heterocycles. The minimum atomic E-state index is -3.50. The van der Waals surface area contributed by atoms with Crippen molar-refractivity contribution in [2.24, 2.45) is 10.9 Å². The maximum atomic E-state index is 12.3. The van der Waals surface area contributed by atoms with Gasteiger partial charge in [-0.3, -0.25) is 4.99 Å². The second kappa shape index (κ2) is 9.89. The Balaban J connectivity index is 1.87. The van der Waals surface area contributed by atoms with Crippen LogP contribution in [0.1, 0.15) is 18.9 Å². The molecule has 1 aliphatic heterocycles. The van der Waals surface area contributed by atoms with Crippen LogP contribution in [0.15, 0.2) is 34.2 Å². The van der Waals surface area contributed by atoms with Gasteiger partial charge in [-0.1, -0.05) is 17.7 Å².